The summed E-state index contributed by atoms with van der Waals surface area (Å²) in [5.74, 6) is 0.207. The van der Waals surface area contributed by atoms with E-state index in [1.165, 1.54) is 54.1 Å². The normalized spacial score (nSPS) is 15.2. The van der Waals surface area contributed by atoms with Gasteiger partial charge in [0.25, 0.3) is 0 Å². The number of likely N-dealkylation sites (tertiary alicyclic amines) is 1. The molecule has 7 heteroatoms. The second-order valence-electron chi connectivity index (χ2n) is 10.7. The van der Waals surface area contributed by atoms with E-state index in [1.54, 1.807) is 0 Å². The molecule has 6 rings (SSSR count). The number of unbranched alkanes of at least 4 members (excludes halogenated alkanes) is 1. The maximum absolute atomic E-state index is 13.1. The number of carbonyl (C=O) groups excluding carboxylic acids is 1. The third-order valence-corrected chi connectivity index (χ3v) is 7.95. The minimum atomic E-state index is 0.207. The molecule has 4 aromatic rings. The molecule has 1 aliphatic carbocycles. The van der Waals surface area contributed by atoms with Crippen LogP contribution >= 0.6 is 0 Å². The average molecular weight is 527 g/mol. The number of aryl methyl sites for hydroxylation is 2. The standard InChI is InChI=1S/C23H31N5O.C9H11N/c24-11-4-5-12-25-16-20-23-19(10-13-26-20)18-8-2-3-9-21(18)28(23)17-22(29)27-14-6-1-7-15-27;1-2-6-9-8(4-1)5-3-7-10-9/h2-3,8-10,13,25H,1,4-7,11-12,14-17,24H2;3,5,7H,1-2,4,6H2. The van der Waals surface area contributed by atoms with E-state index in [-0.39, 0.29) is 5.91 Å². The second kappa shape index (κ2) is 13.7. The maximum Gasteiger partial charge on any atom is 0.242 e. The fourth-order valence-corrected chi connectivity index (χ4v) is 5.88. The lowest BCUT2D eigenvalue weighted by molar-refractivity contribution is -0.132. The number of nitrogens with two attached hydrogens (primary N) is 1. The van der Waals surface area contributed by atoms with Crippen molar-refractivity contribution in [3.8, 4) is 0 Å². The molecule has 0 saturated carbocycles. The summed E-state index contributed by atoms with van der Waals surface area (Å²) in [5, 5.41) is 5.84. The Morgan fingerprint density at radius 3 is 2.56 bits per heavy atom. The van der Waals surface area contributed by atoms with Gasteiger partial charge in [-0.05, 0) is 94.6 Å². The van der Waals surface area contributed by atoms with E-state index < -0.39 is 0 Å². The summed E-state index contributed by atoms with van der Waals surface area (Å²) in [6.07, 6.45) is 14.4. The van der Waals surface area contributed by atoms with Crippen molar-refractivity contribution >= 4 is 27.7 Å². The third-order valence-electron chi connectivity index (χ3n) is 7.95. The number of benzene rings is 1. The number of pyridine rings is 2. The van der Waals surface area contributed by atoms with Gasteiger partial charge < -0.3 is 20.5 Å². The summed E-state index contributed by atoms with van der Waals surface area (Å²) in [7, 11) is 0. The average Bonchev–Trinajstić information content (AvgIpc) is 3.32. The molecule has 206 valence electrons. The molecule has 4 heterocycles. The molecule has 0 radical (unpaired) electrons. The van der Waals surface area contributed by atoms with Crippen molar-refractivity contribution < 1.29 is 4.79 Å². The molecule has 0 bridgehead atoms. The number of rotatable bonds is 8. The van der Waals surface area contributed by atoms with Gasteiger partial charge in [-0.3, -0.25) is 14.8 Å². The molecular weight excluding hydrogens is 484 g/mol. The minimum absolute atomic E-state index is 0.207. The van der Waals surface area contributed by atoms with Crippen LogP contribution in [0.3, 0.4) is 0 Å². The van der Waals surface area contributed by atoms with Crippen LogP contribution in [0.25, 0.3) is 21.8 Å². The van der Waals surface area contributed by atoms with Gasteiger partial charge >= 0.3 is 0 Å². The van der Waals surface area contributed by atoms with Crippen LogP contribution in [-0.2, 0) is 30.7 Å². The molecule has 1 aromatic carbocycles. The van der Waals surface area contributed by atoms with Crippen LogP contribution in [0.2, 0.25) is 0 Å². The highest BCUT2D eigenvalue weighted by Crippen LogP contribution is 2.30. The lowest BCUT2D eigenvalue weighted by Gasteiger charge is -2.27. The Morgan fingerprint density at radius 2 is 1.72 bits per heavy atom. The molecule has 1 fully saturated rings. The predicted octanol–water partition coefficient (Wildman–Crippen LogP) is 4.99. The van der Waals surface area contributed by atoms with Crippen LogP contribution < -0.4 is 11.1 Å². The molecule has 1 aliphatic heterocycles. The summed E-state index contributed by atoms with van der Waals surface area (Å²) in [6.45, 7) is 4.46. The number of hydrogen-bond acceptors (Lipinski definition) is 5. The highest BCUT2D eigenvalue weighted by Gasteiger charge is 2.21. The number of hydrogen-bond donors (Lipinski definition) is 2. The smallest absolute Gasteiger partial charge is 0.242 e. The fourth-order valence-electron chi connectivity index (χ4n) is 5.88. The first-order valence-electron chi connectivity index (χ1n) is 14.7. The zero-order valence-electron chi connectivity index (χ0n) is 23.1. The van der Waals surface area contributed by atoms with Gasteiger partial charge in [0, 0.05) is 54.0 Å². The Hall–Kier alpha value is -3.29. The summed E-state index contributed by atoms with van der Waals surface area (Å²) in [5.41, 5.74) is 11.6. The number of aromatic nitrogens is 3. The summed E-state index contributed by atoms with van der Waals surface area (Å²) in [4.78, 5) is 24.1. The van der Waals surface area contributed by atoms with Crippen molar-refractivity contribution in [3.05, 3.63) is 71.8 Å². The van der Waals surface area contributed by atoms with Crippen LogP contribution in [0.1, 0.15) is 61.9 Å². The Bertz CT molecular complexity index is 1350. The number of piperidine rings is 1. The van der Waals surface area contributed by atoms with Gasteiger partial charge in [-0.2, -0.15) is 0 Å². The molecular formula is C32H42N6O. The van der Waals surface area contributed by atoms with Crippen LogP contribution in [0.4, 0.5) is 0 Å². The maximum atomic E-state index is 13.1. The second-order valence-corrected chi connectivity index (χ2v) is 10.7. The molecule has 0 spiro atoms. The van der Waals surface area contributed by atoms with Crippen molar-refractivity contribution in [1.82, 2.24) is 24.8 Å². The fraction of sp³-hybridized carbons (Fsp3) is 0.469. The molecule has 2 aliphatic rings. The van der Waals surface area contributed by atoms with Gasteiger partial charge in [0.05, 0.1) is 11.2 Å². The monoisotopic (exact) mass is 526 g/mol. The molecule has 3 aromatic heterocycles. The van der Waals surface area contributed by atoms with Crippen molar-refractivity contribution in [3.63, 3.8) is 0 Å². The van der Waals surface area contributed by atoms with Gasteiger partial charge in [-0.15, -0.1) is 0 Å². The molecule has 7 nitrogen and oxygen atoms in total. The lowest BCUT2D eigenvalue weighted by atomic mass is 9.96. The molecule has 1 saturated heterocycles. The Morgan fingerprint density at radius 1 is 0.872 bits per heavy atom. The summed E-state index contributed by atoms with van der Waals surface area (Å²) < 4.78 is 2.17. The van der Waals surface area contributed by atoms with E-state index >= 15 is 0 Å². The van der Waals surface area contributed by atoms with E-state index in [9.17, 15) is 4.79 Å². The first-order valence-corrected chi connectivity index (χ1v) is 14.7. The largest absolute Gasteiger partial charge is 0.341 e. The van der Waals surface area contributed by atoms with Crippen molar-refractivity contribution in [2.24, 2.45) is 5.73 Å². The number of para-hydroxylation sites is 1. The SMILES string of the molecule is NCCCCNCc1nccc2c3ccccc3n(CC(=O)N3CCCCC3)c12.c1cnc2c(c1)CCCC2. The van der Waals surface area contributed by atoms with Crippen molar-refractivity contribution in [1.29, 1.82) is 0 Å². The van der Waals surface area contributed by atoms with E-state index in [0.717, 1.165) is 68.6 Å². The van der Waals surface area contributed by atoms with Gasteiger partial charge in [-0.1, -0.05) is 24.3 Å². The molecule has 0 atom stereocenters. The first-order chi connectivity index (χ1) is 19.3. The first kappa shape index (κ1) is 27.3. The van der Waals surface area contributed by atoms with Crippen molar-refractivity contribution in [2.45, 2.75) is 70.9 Å². The molecule has 0 unspecified atom stereocenters. The Kier molecular flexibility index (Phi) is 9.57. The number of carbonyl (C=O) groups is 1. The quantitative estimate of drug-likeness (QED) is 0.316. The van der Waals surface area contributed by atoms with Gasteiger partial charge in [0.1, 0.15) is 6.54 Å². The van der Waals surface area contributed by atoms with Crippen LogP contribution in [-0.4, -0.2) is 51.5 Å². The van der Waals surface area contributed by atoms with E-state index in [1.807, 2.05) is 29.4 Å². The molecule has 1 amide bonds. The zero-order valence-corrected chi connectivity index (χ0v) is 23.1. The van der Waals surface area contributed by atoms with Crippen LogP contribution in [0.5, 0.6) is 0 Å². The number of nitrogens with one attached hydrogen (secondary N) is 1. The third kappa shape index (κ3) is 6.65. The van der Waals surface area contributed by atoms with Crippen molar-refractivity contribution in [2.75, 3.05) is 26.2 Å². The summed E-state index contributed by atoms with van der Waals surface area (Å²) >= 11 is 0. The minimum Gasteiger partial charge on any atom is -0.341 e. The number of amides is 1. The summed E-state index contributed by atoms with van der Waals surface area (Å²) in [6, 6.07) is 14.6. The van der Waals surface area contributed by atoms with Gasteiger partial charge in [0.2, 0.25) is 5.91 Å². The van der Waals surface area contributed by atoms with E-state index in [4.69, 9.17) is 5.73 Å². The molecule has 3 N–H and O–H groups in total. The number of fused-ring (bicyclic) bond motifs is 4. The van der Waals surface area contributed by atoms with E-state index in [0.29, 0.717) is 13.1 Å². The van der Waals surface area contributed by atoms with Gasteiger partial charge in [-0.25, -0.2) is 0 Å². The highest BCUT2D eigenvalue weighted by molar-refractivity contribution is 6.09. The zero-order chi connectivity index (χ0) is 26.9. The number of nitrogens with zero attached hydrogens (tertiary/aromatic N) is 4. The Balaban J connectivity index is 0.000000257. The topological polar surface area (TPSA) is 89.1 Å². The highest BCUT2D eigenvalue weighted by atomic mass is 16.2. The predicted molar refractivity (Wildman–Crippen MR) is 159 cm³/mol. The Labute approximate surface area is 231 Å². The lowest BCUT2D eigenvalue weighted by Crippen LogP contribution is -2.37. The van der Waals surface area contributed by atoms with Crippen LogP contribution in [0.15, 0.2) is 54.9 Å². The van der Waals surface area contributed by atoms with Gasteiger partial charge in [0.15, 0.2) is 0 Å². The molecule has 39 heavy (non-hydrogen) atoms. The van der Waals surface area contributed by atoms with E-state index in [2.05, 4.69) is 50.2 Å². The van der Waals surface area contributed by atoms with Crippen LogP contribution in [0, 0.1) is 0 Å².